The summed E-state index contributed by atoms with van der Waals surface area (Å²) in [6.07, 6.45) is 2.10. The van der Waals surface area contributed by atoms with Gasteiger partial charge in [-0.25, -0.2) is 0 Å². The first-order chi connectivity index (χ1) is 14.4. The molecule has 3 amide bonds. The van der Waals surface area contributed by atoms with Crippen LogP contribution in [0.1, 0.15) is 54.4 Å². The molecule has 2 aliphatic heterocycles. The number of carbonyl (C=O) groups excluding carboxylic acids is 4. The molecule has 1 fully saturated rings. The fourth-order valence-electron chi connectivity index (χ4n) is 3.71. The summed E-state index contributed by atoms with van der Waals surface area (Å²) in [5, 5.41) is 13.3. The SMILES string of the molecule is CC(=O)CCCc1nnc(Nc2cccc3c2CN(C2CCC(=O)NC2=O)C3=O)o1. The molecule has 4 rings (SSSR count). The lowest BCUT2D eigenvalue weighted by Gasteiger charge is -2.29. The molecule has 1 atom stereocenters. The normalized spacial score (nSPS) is 18.4. The first kappa shape index (κ1) is 19.7. The summed E-state index contributed by atoms with van der Waals surface area (Å²) >= 11 is 0. The van der Waals surface area contributed by atoms with Gasteiger partial charge in [-0.05, 0) is 31.9 Å². The molecule has 2 aromatic rings. The molecule has 0 spiro atoms. The summed E-state index contributed by atoms with van der Waals surface area (Å²) in [4.78, 5) is 49.0. The van der Waals surface area contributed by atoms with Crippen LogP contribution in [0.25, 0.3) is 0 Å². The number of aromatic nitrogens is 2. The van der Waals surface area contributed by atoms with Gasteiger partial charge in [-0.1, -0.05) is 11.2 Å². The minimum absolute atomic E-state index is 0.109. The molecular formula is C20H21N5O5. The van der Waals surface area contributed by atoms with Gasteiger partial charge in [-0.3, -0.25) is 19.7 Å². The third kappa shape index (κ3) is 3.93. The average molecular weight is 411 g/mol. The van der Waals surface area contributed by atoms with Crippen LogP contribution in [0.15, 0.2) is 22.6 Å². The van der Waals surface area contributed by atoms with Gasteiger partial charge in [0.05, 0.1) is 0 Å². The zero-order valence-corrected chi connectivity index (χ0v) is 16.4. The van der Waals surface area contributed by atoms with E-state index in [1.807, 2.05) is 0 Å². The van der Waals surface area contributed by atoms with Crippen molar-refractivity contribution in [2.75, 3.05) is 5.32 Å². The molecule has 1 aromatic heterocycles. The number of fused-ring (bicyclic) bond motifs is 1. The molecule has 1 aromatic carbocycles. The Labute approximate surface area is 172 Å². The summed E-state index contributed by atoms with van der Waals surface area (Å²) in [5.41, 5.74) is 1.85. The van der Waals surface area contributed by atoms with E-state index in [4.69, 9.17) is 4.42 Å². The van der Waals surface area contributed by atoms with Crippen LogP contribution < -0.4 is 10.6 Å². The van der Waals surface area contributed by atoms with Crippen LogP contribution in [-0.2, 0) is 27.3 Å². The van der Waals surface area contributed by atoms with Crippen LogP contribution in [0.2, 0.25) is 0 Å². The van der Waals surface area contributed by atoms with Gasteiger partial charge in [-0.2, -0.15) is 0 Å². The van der Waals surface area contributed by atoms with Gasteiger partial charge in [0.1, 0.15) is 11.8 Å². The van der Waals surface area contributed by atoms with Crippen molar-refractivity contribution >= 4 is 35.2 Å². The number of imide groups is 1. The average Bonchev–Trinajstić information content (AvgIpc) is 3.27. The maximum Gasteiger partial charge on any atom is 0.320 e. The zero-order valence-electron chi connectivity index (χ0n) is 16.4. The number of Topliss-reactive ketones (excluding diaryl/α,β-unsaturated/α-hetero) is 1. The Balaban J connectivity index is 1.48. The second kappa shape index (κ2) is 8.05. The van der Waals surface area contributed by atoms with Crippen LogP contribution in [-0.4, -0.2) is 44.6 Å². The molecule has 0 saturated carbocycles. The lowest BCUT2D eigenvalue weighted by Crippen LogP contribution is -2.52. The summed E-state index contributed by atoms with van der Waals surface area (Å²) < 4.78 is 5.58. The van der Waals surface area contributed by atoms with E-state index < -0.39 is 11.9 Å². The van der Waals surface area contributed by atoms with E-state index in [9.17, 15) is 19.2 Å². The van der Waals surface area contributed by atoms with E-state index in [0.29, 0.717) is 42.8 Å². The van der Waals surface area contributed by atoms with E-state index in [1.165, 1.54) is 11.8 Å². The smallest absolute Gasteiger partial charge is 0.320 e. The Hall–Kier alpha value is -3.56. The van der Waals surface area contributed by atoms with E-state index in [0.717, 1.165) is 5.56 Å². The molecule has 30 heavy (non-hydrogen) atoms. The number of rotatable bonds is 7. The van der Waals surface area contributed by atoms with Gasteiger partial charge in [0.2, 0.25) is 17.7 Å². The van der Waals surface area contributed by atoms with Crippen LogP contribution in [0.5, 0.6) is 0 Å². The van der Waals surface area contributed by atoms with Crippen molar-refractivity contribution in [2.24, 2.45) is 0 Å². The van der Waals surface area contributed by atoms with Crippen LogP contribution in [0.4, 0.5) is 11.7 Å². The highest BCUT2D eigenvalue weighted by molar-refractivity contribution is 6.06. The fraction of sp³-hybridized carbons (Fsp3) is 0.400. The molecule has 1 saturated heterocycles. The second-order valence-electron chi connectivity index (χ2n) is 7.41. The molecular weight excluding hydrogens is 390 g/mol. The van der Waals surface area contributed by atoms with Gasteiger partial charge in [0.25, 0.3) is 5.91 Å². The largest absolute Gasteiger partial charge is 0.408 e. The lowest BCUT2D eigenvalue weighted by molar-refractivity contribution is -0.137. The number of nitrogens with one attached hydrogen (secondary N) is 2. The number of ketones is 1. The third-order valence-corrected chi connectivity index (χ3v) is 5.21. The number of aryl methyl sites for hydroxylation is 1. The fourth-order valence-corrected chi connectivity index (χ4v) is 3.71. The maximum atomic E-state index is 12.9. The van der Waals surface area contributed by atoms with Crippen LogP contribution in [0, 0.1) is 0 Å². The minimum Gasteiger partial charge on any atom is -0.408 e. The van der Waals surface area contributed by atoms with Gasteiger partial charge < -0.3 is 19.4 Å². The molecule has 1 unspecified atom stereocenters. The predicted molar refractivity (Wildman–Crippen MR) is 104 cm³/mol. The topological polar surface area (TPSA) is 134 Å². The number of hydrogen-bond donors (Lipinski definition) is 2. The van der Waals surface area contributed by atoms with Gasteiger partial charge >= 0.3 is 6.01 Å². The molecule has 3 heterocycles. The van der Waals surface area contributed by atoms with E-state index in [-0.39, 0.29) is 36.6 Å². The van der Waals surface area contributed by atoms with E-state index >= 15 is 0 Å². The molecule has 0 bridgehead atoms. The first-order valence-corrected chi connectivity index (χ1v) is 9.78. The summed E-state index contributed by atoms with van der Waals surface area (Å²) in [7, 11) is 0. The van der Waals surface area contributed by atoms with Gasteiger partial charge in [-0.15, -0.1) is 5.10 Å². The number of benzene rings is 1. The van der Waals surface area contributed by atoms with Crippen molar-refractivity contribution in [1.82, 2.24) is 20.4 Å². The minimum atomic E-state index is -0.674. The second-order valence-corrected chi connectivity index (χ2v) is 7.41. The third-order valence-electron chi connectivity index (χ3n) is 5.21. The van der Waals surface area contributed by atoms with Crippen LogP contribution in [0.3, 0.4) is 0 Å². The van der Waals surface area contributed by atoms with Crippen molar-refractivity contribution in [2.45, 2.75) is 51.6 Å². The Kier molecular flexibility index (Phi) is 5.30. The summed E-state index contributed by atoms with van der Waals surface area (Å²) in [5.74, 6) is -0.489. The van der Waals surface area contributed by atoms with Crippen molar-refractivity contribution in [3.8, 4) is 0 Å². The molecule has 0 radical (unpaired) electrons. The number of anilines is 2. The quantitative estimate of drug-likeness (QED) is 0.654. The van der Waals surface area contributed by atoms with Crippen molar-refractivity contribution < 1.29 is 23.6 Å². The molecule has 2 aliphatic rings. The highest BCUT2D eigenvalue weighted by Crippen LogP contribution is 2.33. The number of nitrogens with zero attached hydrogens (tertiary/aromatic N) is 3. The number of piperidine rings is 1. The highest BCUT2D eigenvalue weighted by Gasteiger charge is 2.39. The van der Waals surface area contributed by atoms with Crippen molar-refractivity contribution in [3.05, 3.63) is 35.2 Å². The monoisotopic (exact) mass is 411 g/mol. The molecule has 10 heteroatoms. The Morgan fingerprint density at radius 2 is 2.13 bits per heavy atom. The highest BCUT2D eigenvalue weighted by atomic mass is 16.4. The van der Waals surface area contributed by atoms with Crippen molar-refractivity contribution in [3.63, 3.8) is 0 Å². The summed E-state index contributed by atoms with van der Waals surface area (Å²) in [6, 6.07) is 4.74. The van der Waals surface area contributed by atoms with Crippen LogP contribution >= 0.6 is 0 Å². The zero-order chi connectivity index (χ0) is 21.3. The van der Waals surface area contributed by atoms with E-state index in [1.54, 1.807) is 18.2 Å². The predicted octanol–water partition coefficient (Wildman–Crippen LogP) is 1.49. The number of amides is 3. The van der Waals surface area contributed by atoms with Gasteiger partial charge in [0.15, 0.2) is 0 Å². The Bertz CT molecular complexity index is 1030. The Morgan fingerprint density at radius 3 is 2.90 bits per heavy atom. The lowest BCUT2D eigenvalue weighted by atomic mass is 10.0. The molecule has 10 nitrogen and oxygen atoms in total. The molecule has 2 N–H and O–H groups in total. The van der Waals surface area contributed by atoms with Crippen molar-refractivity contribution in [1.29, 1.82) is 0 Å². The molecule has 156 valence electrons. The van der Waals surface area contributed by atoms with E-state index in [2.05, 4.69) is 20.8 Å². The molecule has 0 aliphatic carbocycles. The summed E-state index contributed by atoms with van der Waals surface area (Å²) in [6.45, 7) is 1.78. The number of carbonyl (C=O) groups is 4. The standard InChI is InChI=1S/C20H21N5O5/c1-11(26)4-2-7-17-23-24-20(30-17)21-14-6-3-5-12-13(14)10-25(19(12)29)15-8-9-16(27)22-18(15)28/h3,5-6,15H,2,4,7-10H2,1H3,(H,21,24)(H,22,27,28). The van der Waals surface area contributed by atoms with Gasteiger partial charge in [0, 0.05) is 42.6 Å². The number of hydrogen-bond acceptors (Lipinski definition) is 8. The Morgan fingerprint density at radius 1 is 1.30 bits per heavy atom. The maximum absolute atomic E-state index is 12.9. The first-order valence-electron chi connectivity index (χ1n) is 9.78.